The van der Waals surface area contributed by atoms with E-state index in [9.17, 15) is 0 Å². The van der Waals surface area contributed by atoms with Gasteiger partial charge >= 0.3 is 0 Å². The number of hydrogen-bond acceptors (Lipinski definition) is 4. The number of para-hydroxylation sites is 1. The second kappa shape index (κ2) is 9.74. The van der Waals surface area contributed by atoms with Crippen LogP contribution in [-0.2, 0) is 0 Å². The van der Waals surface area contributed by atoms with Crippen molar-refractivity contribution in [1.82, 2.24) is 14.8 Å². The van der Waals surface area contributed by atoms with Crippen molar-refractivity contribution >= 4 is 28.3 Å². The van der Waals surface area contributed by atoms with Gasteiger partial charge in [0.25, 0.3) is 0 Å². The van der Waals surface area contributed by atoms with Gasteiger partial charge in [-0.1, -0.05) is 55.8 Å². The van der Waals surface area contributed by atoms with Crippen molar-refractivity contribution in [3.05, 3.63) is 76.7 Å². The number of hydrogen-bond donors (Lipinski definition) is 2. The van der Waals surface area contributed by atoms with Crippen LogP contribution >= 0.6 is 11.6 Å². The Labute approximate surface area is 182 Å². The minimum absolute atomic E-state index is 0.394. The van der Waals surface area contributed by atoms with Crippen LogP contribution in [0.25, 0.3) is 27.9 Å². The first-order valence-electron chi connectivity index (χ1n) is 10.2. The zero-order chi connectivity index (χ0) is 21.7. The molecule has 0 bridgehead atoms. The molecular formula is C24H28ClN5. The van der Waals surface area contributed by atoms with Gasteiger partial charge < -0.3 is 11.5 Å². The highest BCUT2D eigenvalue weighted by atomic mass is 35.5. The lowest BCUT2D eigenvalue weighted by Gasteiger charge is -2.14. The summed E-state index contributed by atoms with van der Waals surface area (Å²) in [6, 6.07) is 10.1. The van der Waals surface area contributed by atoms with Gasteiger partial charge in [0.2, 0.25) is 0 Å². The van der Waals surface area contributed by atoms with Gasteiger partial charge in [0.15, 0.2) is 0 Å². The molecule has 0 unspecified atom stereocenters. The molecular weight excluding hydrogens is 394 g/mol. The predicted octanol–water partition coefficient (Wildman–Crippen LogP) is 5.36. The summed E-state index contributed by atoms with van der Waals surface area (Å²) in [7, 11) is 0. The van der Waals surface area contributed by atoms with Crippen LogP contribution in [0.4, 0.5) is 0 Å². The maximum Gasteiger partial charge on any atom is 0.144 e. The highest BCUT2D eigenvalue weighted by Gasteiger charge is 2.16. The summed E-state index contributed by atoms with van der Waals surface area (Å²) in [5.41, 5.74) is 18.0. The number of fused-ring (bicyclic) bond motifs is 1. The Bertz CT molecular complexity index is 1140. The van der Waals surface area contributed by atoms with Gasteiger partial charge in [0.05, 0.1) is 22.4 Å². The van der Waals surface area contributed by atoms with E-state index in [0.29, 0.717) is 17.4 Å². The van der Waals surface area contributed by atoms with Crippen LogP contribution in [0.15, 0.2) is 71.1 Å². The smallest absolute Gasteiger partial charge is 0.144 e. The number of benzene rings is 1. The highest BCUT2D eigenvalue weighted by molar-refractivity contribution is 6.34. The molecule has 3 rings (SSSR count). The normalized spacial score (nSPS) is 13.6. The van der Waals surface area contributed by atoms with Crippen molar-refractivity contribution in [3.8, 4) is 11.1 Å². The van der Waals surface area contributed by atoms with Crippen molar-refractivity contribution in [2.75, 3.05) is 6.54 Å². The summed E-state index contributed by atoms with van der Waals surface area (Å²) in [5.74, 6) is 0.394. The van der Waals surface area contributed by atoms with Crippen LogP contribution < -0.4 is 11.5 Å². The first-order valence-corrected chi connectivity index (χ1v) is 10.5. The quantitative estimate of drug-likeness (QED) is 0.503. The third-order valence-electron chi connectivity index (χ3n) is 5.10. The first kappa shape index (κ1) is 21.8. The molecule has 0 spiro atoms. The van der Waals surface area contributed by atoms with Crippen LogP contribution in [0.3, 0.4) is 0 Å². The lowest BCUT2D eigenvalue weighted by Crippen LogP contribution is -2.13. The number of halogens is 1. The van der Waals surface area contributed by atoms with E-state index < -0.39 is 0 Å². The summed E-state index contributed by atoms with van der Waals surface area (Å²) in [6.07, 6.45) is 9.38. The zero-order valence-corrected chi connectivity index (χ0v) is 18.4. The number of aromatic nitrogens is 3. The van der Waals surface area contributed by atoms with Crippen LogP contribution in [-0.4, -0.2) is 21.3 Å². The van der Waals surface area contributed by atoms with E-state index >= 15 is 0 Å². The molecule has 0 saturated carbocycles. The van der Waals surface area contributed by atoms with E-state index in [4.69, 9.17) is 23.1 Å². The topological polar surface area (TPSA) is 82.8 Å². The molecule has 1 aromatic carbocycles. The summed E-state index contributed by atoms with van der Waals surface area (Å²) in [4.78, 5) is 4.56. The van der Waals surface area contributed by atoms with Crippen LogP contribution in [0.5, 0.6) is 0 Å². The Morgan fingerprint density at radius 1 is 1.17 bits per heavy atom. The fraction of sp³-hybridized carbons (Fsp3) is 0.250. The maximum absolute atomic E-state index is 6.76. The summed E-state index contributed by atoms with van der Waals surface area (Å²) in [5, 5.41) is 6.08. The van der Waals surface area contributed by atoms with Gasteiger partial charge in [-0.15, -0.1) is 0 Å². The second-order valence-electron chi connectivity index (χ2n) is 7.02. The largest absolute Gasteiger partial charge is 0.382 e. The Morgan fingerprint density at radius 3 is 2.63 bits per heavy atom. The third kappa shape index (κ3) is 4.32. The SMILES string of the molecule is CC/C=C(C(=C\CN)\CC)/C(Cl)=C(/N)n1ncc(-c2cnc3ccccc3c2)c1C. The molecule has 0 aliphatic rings. The van der Waals surface area contributed by atoms with Gasteiger partial charge in [-0.25, -0.2) is 4.68 Å². The van der Waals surface area contributed by atoms with E-state index in [1.165, 1.54) is 0 Å². The highest BCUT2D eigenvalue weighted by Crippen LogP contribution is 2.31. The zero-order valence-electron chi connectivity index (χ0n) is 17.7. The third-order valence-corrected chi connectivity index (χ3v) is 5.50. The molecule has 0 aliphatic heterocycles. The molecule has 0 radical (unpaired) electrons. The fourth-order valence-electron chi connectivity index (χ4n) is 3.54. The first-order chi connectivity index (χ1) is 14.5. The molecule has 5 nitrogen and oxygen atoms in total. The molecule has 2 aromatic heterocycles. The van der Waals surface area contributed by atoms with Gasteiger partial charge in [-0.05, 0) is 43.0 Å². The molecule has 156 valence electrons. The van der Waals surface area contributed by atoms with Crippen molar-refractivity contribution in [1.29, 1.82) is 0 Å². The number of nitrogens with two attached hydrogens (primary N) is 2. The van der Waals surface area contributed by atoms with Crippen LogP contribution in [0.1, 0.15) is 32.4 Å². The fourth-order valence-corrected chi connectivity index (χ4v) is 3.82. The van der Waals surface area contributed by atoms with Crippen molar-refractivity contribution in [2.24, 2.45) is 11.5 Å². The van der Waals surface area contributed by atoms with Gasteiger partial charge in [-0.2, -0.15) is 5.10 Å². The monoisotopic (exact) mass is 421 g/mol. The Morgan fingerprint density at radius 2 is 1.93 bits per heavy atom. The summed E-state index contributed by atoms with van der Waals surface area (Å²) < 4.78 is 1.69. The van der Waals surface area contributed by atoms with Crippen molar-refractivity contribution in [3.63, 3.8) is 0 Å². The van der Waals surface area contributed by atoms with Gasteiger partial charge in [-0.3, -0.25) is 4.98 Å². The minimum Gasteiger partial charge on any atom is -0.382 e. The van der Waals surface area contributed by atoms with Crippen LogP contribution in [0, 0.1) is 6.92 Å². The molecule has 6 heteroatoms. The lowest BCUT2D eigenvalue weighted by atomic mass is 10.0. The van der Waals surface area contributed by atoms with Crippen molar-refractivity contribution in [2.45, 2.75) is 33.6 Å². The maximum atomic E-state index is 6.76. The van der Waals surface area contributed by atoms with Gasteiger partial charge in [0, 0.05) is 29.3 Å². The van der Waals surface area contributed by atoms with E-state index in [1.807, 2.05) is 37.4 Å². The average Bonchev–Trinajstić information content (AvgIpc) is 3.16. The summed E-state index contributed by atoms with van der Waals surface area (Å²) in [6.45, 7) is 6.58. The number of pyridine rings is 1. The predicted molar refractivity (Wildman–Crippen MR) is 127 cm³/mol. The Hall–Kier alpha value is -2.89. The molecule has 3 aromatic rings. The number of rotatable bonds is 7. The molecule has 0 aliphatic carbocycles. The second-order valence-corrected chi connectivity index (χ2v) is 7.39. The Balaban J connectivity index is 2.06. The molecule has 0 amide bonds. The standard InChI is InChI=1S/C24H28ClN5/c1-4-8-20(17(5-2)11-12-26)23(25)24(27)30-16(3)21(15-29-30)19-13-18-9-6-7-10-22(18)28-14-19/h6-11,13-15H,4-5,12,26-27H2,1-3H3/b17-11+,20-8+,24-23+. The van der Waals surface area contributed by atoms with E-state index in [1.54, 1.807) is 10.9 Å². The van der Waals surface area contributed by atoms with Crippen molar-refractivity contribution < 1.29 is 0 Å². The van der Waals surface area contributed by atoms with Crippen LogP contribution in [0.2, 0.25) is 0 Å². The molecule has 4 N–H and O–H groups in total. The summed E-state index contributed by atoms with van der Waals surface area (Å²) >= 11 is 6.76. The molecule has 0 atom stereocenters. The van der Waals surface area contributed by atoms with Gasteiger partial charge in [0.1, 0.15) is 5.82 Å². The Kier molecular flexibility index (Phi) is 7.08. The molecule has 30 heavy (non-hydrogen) atoms. The van der Waals surface area contributed by atoms with E-state index in [0.717, 1.165) is 51.7 Å². The molecule has 0 fully saturated rings. The van der Waals surface area contributed by atoms with E-state index in [2.05, 4.69) is 42.1 Å². The minimum atomic E-state index is 0.394. The lowest BCUT2D eigenvalue weighted by molar-refractivity contribution is 0.851. The molecule has 2 heterocycles. The van der Waals surface area contributed by atoms with E-state index in [-0.39, 0.29) is 0 Å². The number of nitrogens with zero attached hydrogens (tertiary/aromatic N) is 3. The average molecular weight is 422 g/mol. The number of allylic oxidation sites excluding steroid dienone is 4. The molecule has 0 saturated heterocycles.